The second-order valence-corrected chi connectivity index (χ2v) is 4.42. The van der Waals surface area contributed by atoms with Crippen molar-refractivity contribution >= 4 is 17.7 Å². The second-order valence-electron chi connectivity index (χ2n) is 3.58. The maximum absolute atomic E-state index is 11.2. The van der Waals surface area contributed by atoms with E-state index in [0.717, 1.165) is 4.90 Å². The minimum absolute atomic E-state index is 0.0401. The van der Waals surface area contributed by atoms with Crippen LogP contribution in [-0.2, 0) is 4.79 Å². The van der Waals surface area contributed by atoms with E-state index in [2.05, 4.69) is 0 Å². The van der Waals surface area contributed by atoms with Crippen LogP contribution in [0.25, 0.3) is 0 Å². The Hall–Kier alpha value is -1.40. The lowest BCUT2D eigenvalue weighted by Gasteiger charge is -2.17. The van der Waals surface area contributed by atoms with Gasteiger partial charge in [0.25, 0.3) is 0 Å². The summed E-state index contributed by atoms with van der Waals surface area (Å²) in [5, 5.41) is 9.18. The Morgan fingerprint density at radius 2 is 1.94 bits per heavy atom. The highest BCUT2D eigenvalue weighted by atomic mass is 32.2. The second kappa shape index (κ2) is 6.51. The van der Waals surface area contributed by atoms with E-state index < -0.39 is 11.9 Å². The molecule has 1 unspecified atom stereocenters. The first-order valence-corrected chi connectivity index (χ1v) is 6.54. The van der Waals surface area contributed by atoms with E-state index in [1.165, 1.54) is 18.9 Å². The summed E-state index contributed by atoms with van der Waals surface area (Å²) in [6, 6.07) is 3.45. The molecule has 1 atom stereocenters. The van der Waals surface area contributed by atoms with E-state index >= 15 is 0 Å². The summed E-state index contributed by atoms with van der Waals surface area (Å²) in [6.45, 7) is 0.0401. The van der Waals surface area contributed by atoms with Gasteiger partial charge in [-0.15, -0.1) is 11.8 Å². The SMILES string of the molecule is COc1cc(SC)c(C(CN)C(=O)O)cc1OC. The predicted molar refractivity (Wildman–Crippen MR) is 70.8 cm³/mol. The Kier molecular flexibility index (Phi) is 5.30. The molecule has 0 spiro atoms. The van der Waals surface area contributed by atoms with Gasteiger partial charge in [-0.3, -0.25) is 4.79 Å². The fourth-order valence-electron chi connectivity index (χ4n) is 1.69. The van der Waals surface area contributed by atoms with Gasteiger partial charge in [-0.25, -0.2) is 0 Å². The van der Waals surface area contributed by atoms with Gasteiger partial charge in [0.15, 0.2) is 11.5 Å². The van der Waals surface area contributed by atoms with Crippen LogP contribution in [0.2, 0.25) is 0 Å². The number of carboxylic acid groups (broad SMARTS) is 1. The van der Waals surface area contributed by atoms with Crippen LogP contribution in [0.1, 0.15) is 11.5 Å². The summed E-state index contributed by atoms with van der Waals surface area (Å²) in [7, 11) is 3.05. The molecule has 0 heterocycles. The molecule has 1 aromatic carbocycles. The quantitative estimate of drug-likeness (QED) is 0.764. The van der Waals surface area contributed by atoms with E-state index in [1.807, 2.05) is 6.26 Å². The molecule has 1 aromatic rings. The molecule has 0 radical (unpaired) electrons. The molecular formula is C12H17NO4S. The highest BCUT2D eigenvalue weighted by Crippen LogP contribution is 2.37. The molecule has 0 aliphatic rings. The molecule has 0 aliphatic carbocycles. The molecule has 0 saturated heterocycles. The van der Waals surface area contributed by atoms with Gasteiger partial charge in [-0.1, -0.05) is 0 Å². The molecule has 18 heavy (non-hydrogen) atoms. The average molecular weight is 271 g/mol. The number of carbonyl (C=O) groups is 1. The first kappa shape index (κ1) is 14.7. The van der Waals surface area contributed by atoms with Gasteiger partial charge in [-0.05, 0) is 24.0 Å². The number of aliphatic carboxylic acids is 1. The Balaban J connectivity index is 3.36. The van der Waals surface area contributed by atoms with Gasteiger partial charge in [0, 0.05) is 11.4 Å². The fourth-order valence-corrected chi connectivity index (χ4v) is 2.35. The summed E-state index contributed by atoms with van der Waals surface area (Å²) in [5.41, 5.74) is 6.18. The van der Waals surface area contributed by atoms with Crippen molar-refractivity contribution in [2.45, 2.75) is 10.8 Å². The van der Waals surface area contributed by atoms with E-state index in [0.29, 0.717) is 17.1 Å². The van der Waals surface area contributed by atoms with Gasteiger partial charge in [0.05, 0.1) is 20.1 Å². The van der Waals surface area contributed by atoms with Crippen LogP contribution < -0.4 is 15.2 Å². The zero-order chi connectivity index (χ0) is 13.7. The average Bonchev–Trinajstić information content (AvgIpc) is 2.38. The smallest absolute Gasteiger partial charge is 0.312 e. The van der Waals surface area contributed by atoms with Crippen molar-refractivity contribution in [3.05, 3.63) is 17.7 Å². The van der Waals surface area contributed by atoms with Gasteiger partial charge in [0.1, 0.15) is 0 Å². The molecule has 1 rings (SSSR count). The van der Waals surface area contributed by atoms with Crippen molar-refractivity contribution < 1.29 is 19.4 Å². The van der Waals surface area contributed by atoms with Crippen molar-refractivity contribution in [3.8, 4) is 11.5 Å². The van der Waals surface area contributed by atoms with Crippen LogP contribution in [0, 0.1) is 0 Å². The molecule has 6 heteroatoms. The van der Waals surface area contributed by atoms with Crippen molar-refractivity contribution in [1.29, 1.82) is 0 Å². The zero-order valence-electron chi connectivity index (χ0n) is 10.6. The van der Waals surface area contributed by atoms with Crippen LogP contribution >= 0.6 is 11.8 Å². The maximum atomic E-state index is 11.2. The summed E-state index contributed by atoms with van der Waals surface area (Å²) in [5.74, 6) is -0.607. The van der Waals surface area contributed by atoms with Gasteiger partial charge >= 0.3 is 5.97 Å². The third-order valence-corrected chi connectivity index (χ3v) is 3.44. The van der Waals surface area contributed by atoms with Crippen LogP contribution in [-0.4, -0.2) is 38.1 Å². The summed E-state index contributed by atoms with van der Waals surface area (Å²) in [6.07, 6.45) is 1.88. The van der Waals surface area contributed by atoms with Crippen LogP contribution in [0.15, 0.2) is 17.0 Å². The molecule has 0 fully saturated rings. The van der Waals surface area contributed by atoms with E-state index in [-0.39, 0.29) is 6.54 Å². The minimum Gasteiger partial charge on any atom is -0.493 e. The number of hydrogen-bond donors (Lipinski definition) is 2. The van der Waals surface area contributed by atoms with E-state index in [4.69, 9.17) is 15.2 Å². The molecule has 5 nitrogen and oxygen atoms in total. The molecule has 3 N–H and O–H groups in total. The Labute approximate surface area is 110 Å². The number of methoxy groups -OCH3 is 2. The minimum atomic E-state index is -0.944. The third-order valence-electron chi connectivity index (χ3n) is 2.65. The Morgan fingerprint density at radius 3 is 2.33 bits per heavy atom. The van der Waals surface area contributed by atoms with Crippen molar-refractivity contribution in [2.24, 2.45) is 5.73 Å². The number of thioether (sulfide) groups is 1. The highest BCUT2D eigenvalue weighted by molar-refractivity contribution is 7.98. The summed E-state index contributed by atoms with van der Waals surface area (Å²) < 4.78 is 10.4. The lowest BCUT2D eigenvalue weighted by atomic mass is 9.99. The first-order valence-electron chi connectivity index (χ1n) is 5.31. The molecule has 0 aliphatic heterocycles. The number of benzene rings is 1. The number of nitrogens with two attached hydrogens (primary N) is 1. The zero-order valence-corrected chi connectivity index (χ0v) is 11.4. The number of ether oxygens (including phenoxy) is 2. The molecule has 0 amide bonds. The van der Waals surface area contributed by atoms with Gasteiger partial charge in [-0.2, -0.15) is 0 Å². The van der Waals surface area contributed by atoms with E-state index in [9.17, 15) is 9.90 Å². The number of rotatable bonds is 6. The Morgan fingerprint density at radius 1 is 1.39 bits per heavy atom. The van der Waals surface area contributed by atoms with Gasteiger partial charge in [0.2, 0.25) is 0 Å². The third kappa shape index (κ3) is 2.88. The summed E-state index contributed by atoms with van der Waals surface area (Å²) in [4.78, 5) is 12.0. The maximum Gasteiger partial charge on any atom is 0.312 e. The van der Waals surface area contributed by atoms with Crippen molar-refractivity contribution in [1.82, 2.24) is 0 Å². The normalized spacial score (nSPS) is 12.0. The Bertz CT molecular complexity index is 436. The molecule has 0 bridgehead atoms. The monoisotopic (exact) mass is 271 g/mol. The number of carboxylic acids is 1. The van der Waals surface area contributed by atoms with Crippen LogP contribution in [0.5, 0.6) is 11.5 Å². The lowest BCUT2D eigenvalue weighted by Crippen LogP contribution is -2.21. The summed E-state index contributed by atoms with van der Waals surface area (Å²) >= 11 is 1.45. The van der Waals surface area contributed by atoms with Crippen LogP contribution in [0.4, 0.5) is 0 Å². The lowest BCUT2D eigenvalue weighted by molar-refractivity contribution is -0.138. The largest absolute Gasteiger partial charge is 0.493 e. The predicted octanol–water partition coefficient (Wildman–Crippen LogP) is 1.55. The van der Waals surface area contributed by atoms with E-state index in [1.54, 1.807) is 19.2 Å². The standard InChI is InChI=1S/C12H17NO4S/c1-16-9-4-7(8(6-13)12(14)15)11(18-3)5-10(9)17-2/h4-5,8H,6,13H2,1-3H3,(H,14,15). The molecular weight excluding hydrogens is 254 g/mol. The fraction of sp³-hybridized carbons (Fsp3) is 0.417. The van der Waals surface area contributed by atoms with Crippen LogP contribution in [0.3, 0.4) is 0 Å². The molecule has 100 valence electrons. The topological polar surface area (TPSA) is 81.8 Å². The first-order chi connectivity index (χ1) is 8.58. The van der Waals surface area contributed by atoms with Gasteiger partial charge < -0.3 is 20.3 Å². The highest BCUT2D eigenvalue weighted by Gasteiger charge is 2.23. The molecule has 0 saturated carbocycles. The number of hydrogen-bond acceptors (Lipinski definition) is 5. The van der Waals surface area contributed by atoms with Crippen molar-refractivity contribution in [2.75, 3.05) is 27.0 Å². The molecule has 0 aromatic heterocycles. The van der Waals surface area contributed by atoms with Crippen molar-refractivity contribution in [3.63, 3.8) is 0 Å².